The molecule has 0 atom stereocenters. The van der Waals surface area contributed by atoms with Gasteiger partial charge in [0.2, 0.25) is 0 Å². The third-order valence-electron chi connectivity index (χ3n) is 3.04. The number of thioether (sulfide) groups is 1. The average molecular weight is 320 g/mol. The van der Waals surface area contributed by atoms with Crippen molar-refractivity contribution in [3.63, 3.8) is 0 Å². The van der Waals surface area contributed by atoms with Gasteiger partial charge in [0.25, 0.3) is 0 Å². The molecule has 0 saturated heterocycles. The Bertz CT molecular complexity index is 727. The first-order chi connectivity index (χ1) is 10.5. The summed E-state index contributed by atoms with van der Waals surface area (Å²) in [7, 11) is 1.53. The highest BCUT2D eigenvalue weighted by Gasteiger charge is 2.08. The highest BCUT2D eigenvalue weighted by atomic mass is 32.2. The fourth-order valence-electron chi connectivity index (χ4n) is 1.89. The molecule has 0 aliphatic carbocycles. The second-order valence-electron chi connectivity index (χ2n) is 4.43. The molecule has 0 fully saturated rings. The molecule has 0 amide bonds. The maximum absolute atomic E-state index is 13.5. The summed E-state index contributed by atoms with van der Waals surface area (Å²) in [6.07, 6.45) is 4.49. The van der Waals surface area contributed by atoms with E-state index in [2.05, 4.69) is 0 Å². The maximum Gasteiger partial charge on any atom is 0.185 e. The van der Waals surface area contributed by atoms with Gasteiger partial charge in [0.1, 0.15) is 17.4 Å². The second-order valence-corrected chi connectivity index (χ2v) is 5.28. The number of allylic oxidation sites excluding steroid dienone is 1. The largest absolute Gasteiger partial charge is 0.496 e. The van der Waals surface area contributed by atoms with Crippen LogP contribution in [-0.2, 0) is 0 Å². The van der Waals surface area contributed by atoms with Crippen LogP contribution in [0.3, 0.4) is 0 Å². The summed E-state index contributed by atoms with van der Waals surface area (Å²) in [5.74, 6) is -1.04. The van der Waals surface area contributed by atoms with Crippen LogP contribution in [0.25, 0.3) is 6.08 Å². The van der Waals surface area contributed by atoms with Crippen molar-refractivity contribution < 1.29 is 18.3 Å². The van der Waals surface area contributed by atoms with E-state index in [4.69, 9.17) is 4.74 Å². The van der Waals surface area contributed by atoms with E-state index in [1.165, 1.54) is 37.1 Å². The summed E-state index contributed by atoms with van der Waals surface area (Å²) in [4.78, 5) is 13.0. The number of halogens is 2. The topological polar surface area (TPSA) is 26.3 Å². The summed E-state index contributed by atoms with van der Waals surface area (Å²) in [6.45, 7) is 0. The van der Waals surface area contributed by atoms with E-state index in [9.17, 15) is 13.6 Å². The molecule has 2 aromatic carbocycles. The van der Waals surface area contributed by atoms with E-state index < -0.39 is 11.6 Å². The van der Waals surface area contributed by atoms with Gasteiger partial charge >= 0.3 is 0 Å². The Labute approximate surface area is 131 Å². The molecule has 2 nitrogen and oxygen atoms in total. The van der Waals surface area contributed by atoms with Gasteiger partial charge in [-0.05, 0) is 48.7 Å². The van der Waals surface area contributed by atoms with Crippen LogP contribution in [0.15, 0.2) is 47.4 Å². The first-order valence-corrected chi connectivity index (χ1v) is 7.67. The van der Waals surface area contributed by atoms with Crippen LogP contribution in [0.5, 0.6) is 5.75 Å². The highest BCUT2D eigenvalue weighted by Crippen LogP contribution is 2.28. The number of benzene rings is 2. The average Bonchev–Trinajstić information content (AvgIpc) is 2.53. The van der Waals surface area contributed by atoms with Crippen LogP contribution in [0.1, 0.15) is 15.9 Å². The van der Waals surface area contributed by atoms with Crippen LogP contribution in [0.4, 0.5) is 8.78 Å². The quantitative estimate of drug-likeness (QED) is 0.458. The Kier molecular flexibility index (Phi) is 5.33. The molecule has 0 spiro atoms. The number of methoxy groups -OCH3 is 1. The number of hydrogen-bond acceptors (Lipinski definition) is 3. The van der Waals surface area contributed by atoms with E-state index in [0.29, 0.717) is 11.3 Å². The van der Waals surface area contributed by atoms with Crippen molar-refractivity contribution in [2.45, 2.75) is 4.90 Å². The monoisotopic (exact) mass is 320 g/mol. The Balaban J connectivity index is 2.23. The van der Waals surface area contributed by atoms with E-state index in [1.54, 1.807) is 18.2 Å². The molecule has 22 heavy (non-hydrogen) atoms. The van der Waals surface area contributed by atoms with E-state index in [0.717, 1.165) is 17.0 Å². The molecule has 0 radical (unpaired) electrons. The summed E-state index contributed by atoms with van der Waals surface area (Å²) in [5.41, 5.74) is 0.593. The van der Waals surface area contributed by atoms with Crippen LogP contribution in [0.2, 0.25) is 0 Å². The Hall–Kier alpha value is -2.14. The molecule has 0 aliphatic rings. The minimum absolute atomic E-state index is 0.155. The number of carbonyl (C=O) groups excluding carboxylic acids is 1. The van der Waals surface area contributed by atoms with Crippen molar-refractivity contribution in [2.75, 3.05) is 13.4 Å². The molecule has 0 aromatic heterocycles. The predicted molar refractivity (Wildman–Crippen MR) is 84.5 cm³/mol. The normalized spacial score (nSPS) is 10.9. The SMILES string of the molecule is COc1cc(C(=O)C=Cc2ccc(F)cc2F)ccc1SC. The lowest BCUT2D eigenvalue weighted by Crippen LogP contribution is -1.96. The molecule has 114 valence electrons. The summed E-state index contributed by atoms with van der Waals surface area (Å²) in [6, 6.07) is 8.32. The molecular formula is C17H14F2O2S. The smallest absolute Gasteiger partial charge is 0.185 e. The maximum atomic E-state index is 13.5. The van der Waals surface area contributed by atoms with E-state index in [-0.39, 0.29) is 11.3 Å². The molecule has 2 aromatic rings. The molecule has 0 N–H and O–H groups in total. The van der Waals surface area contributed by atoms with Gasteiger partial charge in [-0.15, -0.1) is 11.8 Å². The fraction of sp³-hybridized carbons (Fsp3) is 0.118. The minimum Gasteiger partial charge on any atom is -0.496 e. The lowest BCUT2D eigenvalue weighted by atomic mass is 10.1. The van der Waals surface area contributed by atoms with Gasteiger partial charge in [0.05, 0.1) is 7.11 Å². The van der Waals surface area contributed by atoms with Crippen molar-refractivity contribution >= 4 is 23.6 Å². The highest BCUT2D eigenvalue weighted by molar-refractivity contribution is 7.98. The number of ether oxygens (including phenoxy) is 1. The van der Waals surface area contributed by atoms with Crippen molar-refractivity contribution in [1.29, 1.82) is 0 Å². The molecular weight excluding hydrogens is 306 g/mol. The Morgan fingerprint density at radius 3 is 2.59 bits per heavy atom. The second kappa shape index (κ2) is 7.22. The van der Waals surface area contributed by atoms with Gasteiger partial charge in [-0.3, -0.25) is 4.79 Å². The van der Waals surface area contributed by atoms with Crippen LogP contribution < -0.4 is 4.74 Å². The van der Waals surface area contributed by atoms with Crippen molar-refractivity contribution in [1.82, 2.24) is 0 Å². The third-order valence-corrected chi connectivity index (χ3v) is 3.82. The van der Waals surface area contributed by atoms with Crippen LogP contribution in [-0.4, -0.2) is 19.1 Å². The number of carbonyl (C=O) groups is 1. The molecule has 0 saturated carbocycles. The fourth-order valence-corrected chi connectivity index (χ4v) is 2.44. The van der Waals surface area contributed by atoms with E-state index in [1.807, 2.05) is 6.26 Å². The van der Waals surface area contributed by atoms with Gasteiger partial charge in [-0.1, -0.05) is 0 Å². The van der Waals surface area contributed by atoms with Gasteiger partial charge in [-0.2, -0.15) is 0 Å². The standard InChI is InChI=1S/C17H14F2O2S/c1-21-16-9-12(5-8-17(16)22-2)15(20)7-4-11-3-6-13(18)10-14(11)19/h3-10H,1-2H3. The van der Waals surface area contributed by atoms with Crippen molar-refractivity contribution in [3.05, 3.63) is 65.2 Å². The van der Waals surface area contributed by atoms with Crippen molar-refractivity contribution in [3.8, 4) is 5.75 Å². The van der Waals surface area contributed by atoms with Gasteiger partial charge in [-0.25, -0.2) is 8.78 Å². The Morgan fingerprint density at radius 2 is 1.95 bits per heavy atom. The van der Waals surface area contributed by atoms with Gasteiger partial charge in [0, 0.05) is 22.1 Å². The Morgan fingerprint density at radius 1 is 1.18 bits per heavy atom. The lowest BCUT2D eigenvalue weighted by Gasteiger charge is -2.07. The zero-order chi connectivity index (χ0) is 16.1. The zero-order valence-corrected chi connectivity index (χ0v) is 12.9. The number of hydrogen-bond donors (Lipinski definition) is 0. The summed E-state index contributed by atoms with van der Waals surface area (Å²) >= 11 is 1.51. The van der Waals surface area contributed by atoms with Gasteiger partial charge < -0.3 is 4.74 Å². The first kappa shape index (κ1) is 16.2. The molecule has 0 unspecified atom stereocenters. The minimum atomic E-state index is -0.709. The lowest BCUT2D eigenvalue weighted by molar-refractivity contribution is 0.104. The van der Waals surface area contributed by atoms with Crippen LogP contribution >= 0.6 is 11.8 Å². The predicted octanol–water partition coefficient (Wildman–Crippen LogP) is 4.59. The molecule has 0 heterocycles. The molecule has 2 rings (SSSR count). The summed E-state index contributed by atoms with van der Waals surface area (Å²) < 4.78 is 31.5. The number of ketones is 1. The van der Waals surface area contributed by atoms with Gasteiger partial charge in [0.15, 0.2) is 5.78 Å². The molecule has 0 bridgehead atoms. The van der Waals surface area contributed by atoms with Crippen LogP contribution in [0, 0.1) is 11.6 Å². The number of rotatable bonds is 5. The van der Waals surface area contributed by atoms with E-state index >= 15 is 0 Å². The summed E-state index contributed by atoms with van der Waals surface area (Å²) in [5, 5.41) is 0. The molecule has 0 aliphatic heterocycles. The first-order valence-electron chi connectivity index (χ1n) is 6.44. The van der Waals surface area contributed by atoms with Crippen molar-refractivity contribution in [2.24, 2.45) is 0 Å². The zero-order valence-electron chi connectivity index (χ0n) is 12.1. The molecule has 5 heteroatoms. The third kappa shape index (κ3) is 3.74.